The highest BCUT2D eigenvalue weighted by molar-refractivity contribution is 5.84. The molecule has 0 saturated carbocycles. The van der Waals surface area contributed by atoms with E-state index in [9.17, 15) is 0 Å². The zero-order valence-electron chi connectivity index (χ0n) is 13.3. The van der Waals surface area contributed by atoms with Gasteiger partial charge in [-0.15, -0.1) is 0 Å². The lowest BCUT2D eigenvalue weighted by Crippen LogP contribution is -2.16. The van der Waals surface area contributed by atoms with E-state index >= 15 is 0 Å². The van der Waals surface area contributed by atoms with Crippen LogP contribution in [-0.4, -0.2) is 11.5 Å². The maximum atomic E-state index is 4.91. The number of rotatable bonds is 6. The lowest BCUT2D eigenvalue weighted by molar-refractivity contribution is 0.640. The van der Waals surface area contributed by atoms with Crippen LogP contribution in [0.5, 0.6) is 0 Å². The summed E-state index contributed by atoms with van der Waals surface area (Å²) in [5, 5.41) is 5.01. The first-order valence-corrected chi connectivity index (χ1v) is 8.47. The minimum absolute atomic E-state index is 0.995. The number of aromatic nitrogens is 1. The highest BCUT2D eigenvalue weighted by Crippen LogP contribution is 2.30. The van der Waals surface area contributed by atoms with Crippen LogP contribution in [0.3, 0.4) is 0 Å². The lowest BCUT2D eigenvalue weighted by atomic mass is 9.99. The van der Waals surface area contributed by atoms with Crippen LogP contribution in [0.2, 0.25) is 0 Å². The van der Waals surface area contributed by atoms with Crippen molar-refractivity contribution in [3.8, 4) is 0 Å². The van der Waals surface area contributed by atoms with Gasteiger partial charge in [0.15, 0.2) is 0 Å². The highest BCUT2D eigenvalue weighted by atomic mass is 14.8. The van der Waals surface area contributed by atoms with Crippen LogP contribution in [0.1, 0.15) is 55.5 Å². The molecule has 0 saturated heterocycles. The smallest absolute Gasteiger partial charge is 0.0708 e. The van der Waals surface area contributed by atoms with Gasteiger partial charge in [0.2, 0.25) is 0 Å². The number of nitrogens with zero attached hydrogens (tertiary/aromatic N) is 1. The van der Waals surface area contributed by atoms with Crippen LogP contribution < -0.4 is 5.32 Å². The summed E-state index contributed by atoms with van der Waals surface area (Å²) in [5.74, 6) is 0. The fraction of sp³-hybridized carbons (Fsp3) is 0.526. The number of fused-ring (bicyclic) bond motifs is 2. The molecule has 3 rings (SSSR count). The Morgan fingerprint density at radius 1 is 1.19 bits per heavy atom. The Labute approximate surface area is 128 Å². The number of hydrogen-bond donors (Lipinski definition) is 1. The van der Waals surface area contributed by atoms with Crippen molar-refractivity contribution < 1.29 is 0 Å². The first-order chi connectivity index (χ1) is 10.3. The first kappa shape index (κ1) is 14.5. The highest BCUT2D eigenvalue weighted by Gasteiger charge is 2.19. The Balaban J connectivity index is 2.00. The normalized spacial score (nSPS) is 13.8. The molecule has 2 nitrogen and oxygen atoms in total. The average Bonchev–Trinajstić information content (AvgIpc) is 2.98. The number of aryl methyl sites for hydroxylation is 2. The molecule has 2 heteroatoms. The minimum Gasteiger partial charge on any atom is -0.313 e. The Morgan fingerprint density at radius 2 is 2.10 bits per heavy atom. The van der Waals surface area contributed by atoms with E-state index in [4.69, 9.17) is 4.98 Å². The third-order valence-electron chi connectivity index (χ3n) is 4.61. The van der Waals surface area contributed by atoms with E-state index < -0.39 is 0 Å². The SMILES string of the molecule is CCCCNCc1c2c(nc3ccc(CC)cc13)CCC2. The second-order valence-corrected chi connectivity index (χ2v) is 6.10. The molecule has 0 aliphatic heterocycles. The molecule has 0 atom stereocenters. The van der Waals surface area contributed by atoms with Crippen molar-refractivity contribution in [2.24, 2.45) is 0 Å². The lowest BCUT2D eigenvalue weighted by Gasteiger charge is -2.14. The quantitative estimate of drug-likeness (QED) is 0.804. The van der Waals surface area contributed by atoms with E-state index in [-0.39, 0.29) is 0 Å². The van der Waals surface area contributed by atoms with Gasteiger partial charge >= 0.3 is 0 Å². The van der Waals surface area contributed by atoms with Crippen LogP contribution in [0, 0.1) is 0 Å². The molecule has 1 aromatic heterocycles. The van der Waals surface area contributed by atoms with Crippen molar-refractivity contribution in [3.63, 3.8) is 0 Å². The Hall–Kier alpha value is -1.41. The summed E-state index contributed by atoms with van der Waals surface area (Å²) in [4.78, 5) is 4.91. The Bertz CT molecular complexity index is 631. The maximum Gasteiger partial charge on any atom is 0.0708 e. The number of unbranched alkanes of at least 4 members (excludes halogenated alkanes) is 1. The summed E-state index contributed by atoms with van der Waals surface area (Å²) in [6.45, 7) is 6.58. The maximum absolute atomic E-state index is 4.91. The van der Waals surface area contributed by atoms with Gasteiger partial charge in [0, 0.05) is 17.6 Å². The summed E-state index contributed by atoms with van der Waals surface area (Å²) >= 11 is 0. The van der Waals surface area contributed by atoms with Crippen molar-refractivity contribution in [2.45, 2.75) is 58.9 Å². The van der Waals surface area contributed by atoms with Gasteiger partial charge in [-0.3, -0.25) is 4.98 Å². The number of hydrogen-bond acceptors (Lipinski definition) is 2. The van der Waals surface area contributed by atoms with Gasteiger partial charge in [0.05, 0.1) is 5.52 Å². The van der Waals surface area contributed by atoms with Gasteiger partial charge in [-0.25, -0.2) is 0 Å². The van der Waals surface area contributed by atoms with Gasteiger partial charge < -0.3 is 5.32 Å². The van der Waals surface area contributed by atoms with Crippen LogP contribution in [0.25, 0.3) is 10.9 Å². The predicted molar refractivity (Wildman–Crippen MR) is 89.8 cm³/mol. The minimum atomic E-state index is 0.995. The van der Waals surface area contributed by atoms with Gasteiger partial charge in [0.25, 0.3) is 0 Å². The van der Waals surface area contributed by atoms with E-state index in [1.807, 2.05) is 0 Å². The van der Waals surface area contributed by atoms with Gasteiger partial charge in [-0.1, -0.05) is 26.3 Å². The van der Waals surface area contributed by atoms with Crippen LogP contribution >= 0.6 is 0 Å². The molecule has 112 valence electrons. The molecule has 1 aliphatic carbocycles. The molecule has 0 bridgehead atoms. The third-order valence-corrected chi connectivity index (χ3v) is 4.61. The fourth-order valence-electron chi connectivity index (χ4n) is 3.34. The van der Waals surface area contributed by atoms with Gasteiger partial charge in [-0.2, -0.15) is 0 Å². The summed E-state index contributed by atoms with van der Waals surface area (Å²) in [5.41, 5.74) is 6.98. The zero-order chi connectivity index (χ0) is 14.7. The molecule has 1 N–H and O–H groups in total. The molecule has 1 aliphatic rings. The summed E-state index contributed by atoms with van der Waals surface area (Å²) in [7, 11) is 0. The van der Waals surface area contributed by atoms with Crippen LogP contribution in [0.4, 0.5) is 0 Å². The molecule has 0 unspecified atom stereocenters. The zero-order valence-corrected chi connectivity index (χ0v) is 13.3. The molecule has 21 heavy (non-hydrogen) atoms. The average molecular weight is 282 g/mol. The van der Waals surface area contributed by atoms with Crippen LogP contribution in [0.15, 0.2) is 18.2 Å². The molecule has 0 fully saturated rings. The van der Waals surface area contributed by atoms with Gasteiger partial charge in [-0.05, 0) is 67.5 Å². The topological polar surface area (TPSA) is 24.9 Å². The number of nitrogens with one attached hydrogen (secondary N) is 1. The van der Waals surface area contributed by atoms with Crippen LogP contribution in [-0.2, 0) is 25.8 Å². The molecule has 1 aromatic carbocycles. The van der Waals surface area contributed by atoms with Crippen molar-refractivity contribution in [1.29, 1.82) is 0 Å². The summed E-state index contributed by atoms with van der Waals surface area (Å²) in [6.07, 6.45) is 7.23. The fourth-order valence-corrected chi connectivity index (χ4v) is 3.34. The van der Waals surface area contributed by atoms with Crippen molar-refractivity contribution in [2.75, 3.05) is 6.54 Å². The molecule has 1 heterocycles. The number of benzene rings is 1. The van der Waals surface area contributed by atoms with E-state index in [0.717, 1.165) is 25.9 Å². The van der Waals surface area contributed by atoms with E-state index in [1.54, 1.807) is 0 Å². The summed E-state index contributed by atoms with van der Waals surface area (Å²) < 4.78 is 0. The standard InChI is InChI=1S/C19H26N2/c1-3-5-11-20-13-17-15-7-6-8-18(15)21-19-10-9-14(4-2)12-16(17)19/h9-10,12,20H,3-8,11,13H2,1-2H3. The molecular weight excluding hydrogens is 256 g/mol. The largest absolute Gasteiger partial charge is 0.313 e. The molecule has 0 radical (unpaired) electrons. The van der Waals surface area contributed by atoms with E-state index in [2.05, 4.69) is 37.4 Å². The Morgan fingerprint density at radius 3 is 2.90 bits per heavy atom. The number of pyridine rings is 1. The predicted octanol–water partition coefficient (Wildman–Crippen LogP) is 4.18. The molecule has 0 spiro atoms. The van der Waals surface area contributed by atoms with Crippen molar-refractivity contribution in [3.05, 3.63) is 40.6 Å². The third kappa shape index (κ3) is 2.96. The summed E-state index contributed by atoms with van der Waals surface area (Å²) in [6, 6.07) is 6.80. The van der Waals surface area contributed by atoms with Gasteiger partial charge in [0.1, 0.15) is 0 Å². The first-order valence-electron chi connectivity index (χ1n) is 8.47. The Kier molecular flexibility index (Phi) is 4.54. The van der Waals surface area contributed by atoms with E-state index in [0.29, 0.717) is 0 Å². The van der Waals surface area contributed by atoms with E-state index in [1.165, 1.54) is 59.0 Å². The molecule has 2 aromatic rings. The van der Waals surface area contributed by atoms with Crippen molar-refractivity contribution in [1.82, 2.24) is 10.3 Å². The monoisotopic (exact) mass is 282 g/mol. The van der Waals surface area contributed by atoms with Crippen molar-refractivity contribution >= 4 is 10.9 Å². The second-order valence-electron chi connectivity index (χ2n) is 6.10. The molecule has 0 amide bonds. The second kappa shape index (κ2) is 6.57. The molecular formula is C19H26N2.